The largest absolute Gasteiger partial charge is 0.493 e. The van der Waals surface area contributed by atoms with Crippen molar-refractivity contribution >= 4 is 0 Å². The van der Waals surface area contributed by atoms with Crippen LogP contribution >= 0.6 is 0 Å². The summed E-state index contributed by atoms with van der Waals surface area (Å²) in [5.74, 6) is 1.47. The number of rotatable bonds is 6. The lowest BCUT2D eigenvalue weighted by molar-refractivity contribution is 0.299. The molecular weight excluding hydrogens is 202 g/mol. The highest BCUT2D eigenvalue weighted by Crippen LogP contribution is 2.29. The highest BCUT2D eigenvalue weighted by molar-refractivity contribution is 5.43. The van der Waals surface area contributed by atoms with Gasteiger partial charge >= 0.3 is 0 Å². The number of methoxy groups -OCH3 is 1. The zero-order chi connectivity index (χ0) is 12.0. The average Bonchev–Trinajstić information content (AvgIpc) is 2.29. The quantitative estimate of drug-likeness (QED) is 0.593. The van der Waals surface area contributed by atoms with E-state index >= 15 is 0 Å². The molecule has 0 heterocycles. The molecule has 0 aromatic heterocycles. The minimum atomic E-state index is -0.00359. The van der Waals surface area contributed by atoms with Crippen LogP contribution in [0.5, 0.6) is 11.5 Å². The number of hydrogen-bond donors (Lipinski definition) is 1. The summed E-state index contributed by atoms with van der Waals surface area (Å²) in [6.07, 6.45) is 2.64. The highest BCUT2D eigenvalue weighted by atomic mass is 16.5. The predicted molar refractivity (Wildman–Crippen MR) is 65.9 cm³/mol. The first kappa shape index (κ1) is 12.6. The SMILES string of the molecule is C=CCCOc1ccc([C@@H](C)N)cc1OC. The molecule has 16 heavy (non-hydrogen) atoms. The number of ether oxygens (including phenoxy) is 2. The lowest BCUT2D eigenvalue weighted by Crippen LogP contribution is -2.06. The van der Waals surface area contributed by atoms with Gasteiger partial charge in [0.15, 0.2) is 11.5 Å². The summed E-state index contributed by atoms with van der Waals surface area (Å²) in [6.45, 7) is 6.19. The van der Waals surface area contributed by atoms with Crippen LogP contribution in [0.1, 0.15) is 24.9 Å². The summed E-state index contributed by atoms with van der Waals surface area (Å²) in [5, 5.41) is 0. The van der Waals surface area contributed by atoms with Crippen molar-refractivity contribution < 1.29 is 9.47 Å². The number of benzene rings is 1. The van der Waals surface area contributed by atoms with Crippen molar-refractivity contribution in [3.05, 3.63) is 36.4 Å². The van der Waals surface area contributed by atoms with Crippen LogP contribution in [-0.2, 0) is 0 Å². The minimum absolute atomic E-state index is 0.00359. The molecule has 0 unspecified atom stereocenters. The molecule has 2 N–H and O–H groups in total. The van der Waals surface area contributed by atoms with Gasteiger partial charge in [-0.25, -0.2) is 0 Å². The summed E-state index contributed by atoms with van der Waals surface area (Å²) in [6, 6.07) is 5.75. The molecule has 0 saturated carbocycles. The highest BCUT2D eigenvalue weighted by Gasteiger charge is 2.07. The Morgan fingerprint density at radius 2 is 2.19 bits per heavy atom. The van der Waals surface area contributed by atoms with Gasteiger partial charge in [0.25, 0.3) is 0 Å². The van der Waals surface area contributed by atoms with Gasteiger partial charge in [-0.15, -0.1) is 6.58 Å². The molecule has 0 aliphatic heterocycles. The van der Waals surface area contributed by atoms with E-state index in [1.807, 2.05) is 31.2 Å². The van der Waals surface area contributed by atoms with Gasteiger partial charge in [-0.2, -0.15) is 0 Å². The molecule has 0 aliphatic carbocycles. The Kier molecular flexibility index (Phi) is 4.86. The van der Waals surface area contributed by atoms with Gasteiger partial charge in [-0.05, 0) is 31.0 Å². The third kappa shape index (κ3) is 3.28. The maximum atomic E-state index is 5.80. The maximum absolute atomic E-state index is 5.80. The first-order chi connectivity index (χ1) is 7.69. The van der Waals surface area contributed by atoms with Crippen LogP contribution in [0.15, 0.2) is 30.9 Å². The lowest BCUT2D eigenvalue weighted by atomic mass is 10.1. The summed E-state index contributed by atoms with van der Waals surface area (Å²) >= 11 is 0. The fourth-order valence-electron chi connectivity index (χ4n) is 1.34. The van der Waals surface area contributed by atoms with Crippen LogP contribution in [0.2, 0.25) is 0 Å². The Balaban J connectivity index is 2.80. The van der Waals surface area contributed by atoms with E-state index in [4.69, 9.17) is 15.2 Å². The lowest BCUT2D eigenvalue weighted by Gasteiger charge is -2.13. The monoisotopic (exact) mass is 221 g/mol. The van der Waals surface area contributed by atoms with Crippen molar-refractivity contribution in [2.24, 2.45) is 5.73 Å². The summed E-state index contributed by atoms with van der Waals surface area (Å²) in [7, 11) is 1.63. The van der Waals surface area contributed by atoms with Crippen molar-refractivity contribution in [1.82, 2.24) is 0 Å². The van der Waals surface area contributed by atoms with E-state index < -0.39 is 0 Å². The Labute approximate surface area is 96.9 Å². The maximum Gasteiger partial charge on any atom is 0.161 e. The topological polar surface area (TPSA) is 44.5 Å². The summed E-state index contributed by atoms with van der Waals surface area (Å²) in [4.78, 5) is 0. The fraction of sp³-hybridized carbons (Fsp3) is 0.385. The van der Waals surface area contributed by atoms with Gasteiger partial charge in [-0.3, -0.25) is 0 Å². The van der Waals surface area contributed by atoms with Gasteiger partial charge in [0.05, 0.1) is 13.7 Å². The van der Waals surface area contributed by atoms with Gasteiger partial charge in [-0.1, -0.05) is 12.1 Å². The molecule has 0 saturated heterocycles. The van der Waals surface area contributed by atoms with Crippen molar-refractivity contribution in [3.8, 4) is 11.5 Å². The molecule has 0 bridgehead atoms. The number of hydrogen-bond acceptors (Lipinski definition) is 3. The van der Waals surface area contributed by atoms with E-state index in [9.17, 15) is 0 Å². The molecule has 1 rings (SSSR count). The zero-order valence-corrected chi connectivity index (χ0v) is 9.90. The summed E-state index contributed by atoms with van der Waals surface area (Å²) in [5.41, 5.74) is 6.83. The second-order valence-corrected chi connectivity index (χ2v) is 3.62. The van der Waals surface area contributed by atoms with Crippen LogP contribution in [0.25, 0.3) is 0 Å². The third-order valence-electron chi connectivity index (χ3n) is 2.29. The molecule has 3 nitrogen and oxygen atoms in total. The first-order valence-electron chi connectivity index (χ1n) is 5.36. The minimum Gasteiger partial charge on any atom is -0.493 e. The Morgan fingerprint density at radius 3 is 2.75 bits per heavy atom. The van der Waals surface area contributed by atoms with E-state index in [-0.39, 0.29) is 6.04 Å². The molecule has 1 aromatic carbocycles. The Bertz CT molecular complexity index is 348. The molecule has 0 radical (unpaired) electrons. The third-order valence-corrected chi connectivity index (χ3v) is 2.29. The number of nitrogens with two attached hydrogens (primary N) is 1. The van der Waals surface area contributed by atoms with E-state index in [2.05, 4.69) is 6.58 Å². The molecule has 0 amide bonds. The second-order valence-electron chi connectivity index (χ2n) is 3.62. The van der Waals surface area contributed by atoms with Gasteiger partial charge in [0.2, 0.25) is 0 Å². The van der Waals surface area contributed by atoms with Crippen LogP contribution < -0.4 is 15.2 Å². The standard InChI is InChI=1S/C13H19NO2/c1-4-5-8-16-12-7-6-11(10(2)14)9-13(12)15-3/h4,6-7,9-10H,1,5,8,14H2,2-3H3/t10-/m1/s1. The fourth-order valence-corrected chi connectivity index (χ4v) is 1.34. The van der Waals surface area contributed by atoms with Crippen LogP contribution in [0.4, 0.5) is 0 Å². The Morgan fingerprint density at radius 1 is 1.44 bits per heavy atom. The van der Waals surface area contributed by atoms with Crippen molar-refractivity contribution in [1.29, 1.82) is 0 Å². The van der Waals surface area contributed by atoms with Gasteiger partial charge in [0, 0.05) is 6.04 Å². The van der Waals surface area contributed by atoms with E-state index in [1.165, 1.54) is 0 Å². The molecular formula is C13H19NO2. The average molecular weight is 221 g/mol. The van der Waals surface area contributed by atoms with Crippen LogP contribution in [0, 0.1) is 0 Å². The van der Waals surface area contributed by atoms with Gasteiger partial charge < -0.3 is 15.2 Å². The first-order valence-corrected chi connectivity index (χ1v) is 5.36. The van der Waals surface area contributed by atoms with E-state index in [0.717, 1.165) is 23.5 Å². The molecule has 1 atom stereocenters. The predicted octanol–water partition coefficient (Wildman–Crippen LogP) is 2.67. The Hall–Kier alpha value is -1.48. The molecule has 88 valence electrons. The molecule has 3 heteroatoms. The smallest absolute Gasteiger partial charge is 0.161 e. The van der Waals surface area contributed by atoms with Crippen molar-refractivity contribution in [2.45, 2.75) is 19.4 Å². The van der Waals surface area contributed by atoms with E-state index in [1.54, 1.807) is 7.11 Å². The molecule has 0 fully saturated rings. The summed E-state index contributed by atoms with van der Waals surface area (Å²) < 4.78 is 10.8. The molecule has 0 aliphatic rings. The van der Waals surface area contributed by atoms with Crippen LogP contribution in [-0.4, -0.2) is 13.7 Å². The normalized spacial score (nSPS) is 11.9. The van der Waals surface area contributed by atoms with E-state index in [0.29, 0.717) is 6.61 Å². The van der Waals surface area contributed by atoms with Gasteiger partial charge in [0.1, 0.15) is 0 Å². The molecule has 0 spiro atoms. The van der Waals surface area contributed by atoms with Crippen molar-refractivity contribution in [2.75, 3.05) is 13.7 Å². The molecule has 1 aromatic rings. The second kappa shape index (κ2) is 6.18. The zero-order valence-electron chi connectivity index (χ0n) is 9.90. The van der Waals surface area contributed by atoms with Crippen LogP contribution in [0.3, 0.4) is 0 Å². The van der Waals surface area contributed by atoms with Crippen molar-refractivity contribution in [3.63, 3.8) is 0 Å².